The Kier molecular flexibility index (Phi) is 24.0. The second-order valence-corrected chi connectivity index (χ2v) is 30.4. The highest BCUT2D eigenvalue weighted by Crippen LogP contribution is 2.51. The number of aryl methyl sites for hydroxylation is 4. The topological polar surface area (TPSA) is 160 Å². The zero-order valence-corrected chi connectivity index (χ0v) is 55.1. The molecule has 6 aromatic carbocycles. The SMILES string of the molecule is CCOP(=O)(OCC)Oc1ccc2c(Oc3ccc(O[C@H]4CCN(CCCF)C4)cc3)c(C(=O)c3c(C)cc(F)cc3C)sc2c1.CP(C)(=O)Cl.Cc1cc(F)cc(C)c1C(=O)c1sc2cc(O)ccc2c1Oc1ccc(O[C@H]2CCN(CCCF)C2)cc1. The van der Waals surface area contributed by atoms with Crippen LogP contribution in [0.5, 0.6) is 46.0 Å². The molecule has 2 aliphatic rings. The van der Waals surface area contributed by atoms with Crippen molar-refractivity contribution in [3.05, 3.63) is 164 Å². The van der Waals surface area contributed by atoms with Crippen molar-refractivity contribution in [1.29, 1.82) is 0 Å². The summed E-state index contributed by atoms with van der Waals surface area (Å²) in [6.07, 6.45) is 2.91. The number of halogens is 5. The van der Waals surface area contributed by atoms with Gasteiger partial charge in [-0.3, -0.25) is 37.2 Å². The van der Waals surface area contributed by atoms with Gasteiger partial charge in [0.25, 0.3) is 0 Å². The molecule has 0 saturated carbocycles. The van der Waals surface area contributed by atoms with E-state index in [-0.39, 0.29) is 67.7 Å². The molecule has 2 saturated heterocycles. The summed E-state index contributed by atoms with van der Waals surface area (Å²) in [4.78, 5) is 32.9. The average Bonchev–Trinajstić information content (AvgIpc) is 1.91. The van der Waals surface area contributed by atoms with Gasteiger partial charge in [0.15, 0.2) is 18.0 Å². The van der Waals surface area contributed by atoms with E-state index >= 15 is 0 Å². The Morgan fingerprint density at radius 1 is 0.584 bits per heavy atom. The molecule has 0 bridgehead atoms. The third-order valence-corrected chi connectivity index (χ3v) is 18.1. The molecule has 0 radical (unpaired) electrons. The van der Waals surface area contributed by atoms with E-state index in [4.69, 9.17) is 43.8 Å². The first kappa shape index (κ1) is 68.6. The fraction of sp³-hybridized carbons (Fsp3) is 0.364. The fourth-order valence-corrected chi connectivity index (χ4v) is 13.9. The van der Waals surface area contributed by atoms with E-state index in [2.05, 4.69) is 9.80 Å². The van der Waals surface area contributed by atoms with Gasteiger partial charge in [0.1, 0.15) is 68.1 Å². The first-order chi connectivity index (χ1) is 42.4. The molecule has 2 aliphatic heterocycles. The van der Waals surface area contributed by atoms with Crippen molar-refractivity contribution in [2.24, 2.45) is 0 Å². The molecule has 2 aromatic heterocycles. The number of phosphoric ester groups is 1. The second-order valence-electron chi connectivity index (χ2n) is 21.8. The van der Waals surface area contributed by atoms with Gasteiger partial charge >= 0.3 is 7.82 Å². The number of aromatic hydroxyl groups is 1. The molecule has 2 atom stereocenters. The van der Waals surface area contributed by atoms with Crippen molar-refractivity contribution >= 4 is 80.0 Å². The largest absolute Gasteiger partial charge is 0.530 e. The molecule has 0 amide bonds. The molecule has 2 fully saturated rings. The minimum absolute atomic E-state index is 0.0239. The molecule has 0 spiro atoms. The predicted octanol–water partition coefficient (Wildman–Crippen LogP) is 18.0. The quantitative estimate of drug-likeness (QED) is 0.0346. The Morgan fingerprint density at radius 3 is 1.35 bits per heavy atom. The lowest BCUT2D eigenvalue weighted by molar-refractivity contribution is 0.103. The number of thiophene rings is 2. The Bertz CT molecular complexity index is 3800. The molecule has 1 N–H and O–H groups in total. The minimum atomic E-state index is -3.85. The number of carbonyl (C=O) groups is 2. The van der Waals surface area contributed by atoms with Crippen LogP contribution < -0.4 is 23.5 Å². The summed E-state index contributed by atoms with van der Waals surface area (Å²) in [5.41, 5.74) is 2.97. The molecule has 10 rings (SSSR count). The number of nitrogens with zero attached hydrogens (tertiary/aromatic N) is 2. The minimum Gasteiger partial charge on any atom is -0.508 e. The van der Waals surface area contributed by atoms with Crippen molar-refractivity contribution in [3.8, 4) is 46.0 Å². The van der Waals surface area contributed by atoms with Crippen LogP contribution >= 0.6 is 48.2 Å². The number of fused-ring (bicyclic) bond motifs is 2. The number of likely N-dealkylation sites (tertiary alicyclic amines) is 2. The normalized spacial score (nSPS) is 15.3. The van der Waals surface area contributed by atoms with Crippen LogP contribution in [0.2, 0.25) is 0 Å². The summed E-state index contributed by atoms with van der Waals surface area (Å²) < 4.78 is 119. The lowest BCUT2D eigenvalue weighted by Gasteiger charge is -2.17. The summed E-state index contributed by atoms with van der Waals surface area (Å²) in [6, 6.07) is 29.7. The molecular formula is C66H73ClF4N2O12P2S2. The van der Waals surface area contributed by atoms with Crippen LogP contribution in [0, 0.1) is 39.3 Å². The number of ether oxygens (including phenoxy) is 4. The van der Waals surface area contributed by atoms with Crippen molar-refractivity contribution < 1.29 is 73.9 Å². The van der Waals surface area contributed by atoms with Crippen LogP contribution in [0.4, 0.5) is 17.6 Å². The molecular weight excluding hydrogens is 1250 g/mol. The smallest absolute Gasteiger partial charge is 0.508 e. The molecule has 23 heteroatoms. The van der Waals surface area contributed by atoms with Crippen molar-refractivity contribution in [1.82, 2.24) is 9.80 Å². The number of ketones is 2. The van der Waals surface area contributed by atoms with Gasteiger partial charge in [-0.2, -0.15) is 0 Å². The molecule has 14 nitrogen and oxygen atoms in total. The summed E-state index contributed by atoms with van der Waals surface area (Å²) >= 11 is 7.51. The summed E-state index contributed by atoms with van der Waals surface area (Å²) in [6.45, 7) is 15.5. The van der Waals surface area contributed by atoms with E-state index in [1.165, 1.54) is 60.3 Å². The lowest BCUT2D eigenvalue weighted by atomic mass is 9.97. The number of rotatable bonds is 24. The Hall–Kier alpha value is -6.31. The number of carbonyl (C=O) groups excluding carboxylic acids is 2. The van der Waals surface area contributed by atoms with Crippen LogP contribution in [0.3, 0.4) is 0 Å². The van der Waals surface area contributed by atoms with E-state index in [0.717, 1.165) is 52.1 Å². The van der Waals surface area contributed by atoms with Gasteiger partial charge in [-0.05, 0) is 199 Å². The van der Waals surface area contributed by atoms with Gasteiger partial charge in [0, 0.05) is 83.9 Å². The number of hydrogen-bond donors (Lipinski definition) is 1. The Morgan fingerprint density at radius 2 is 0.955 bits per heavy atom. The third-order valence-electron chi connectivity index (χ3n) is 14.3. The number of phenols is 1. The maximum Gasteiger partial charge on any atom is 0.530 e. The highest BCUT2D eigenvalue weighted by atomic mass is 35.7. The monoisotopic (exact) mass is 1320 g/mol. The van der Waals surface area contributed by atoms with E-state index in [0.29, 0.717) is 111 Å². The van der Waals surface area contributed by atoms with Crippen LogP contribution in [0.25, 0.3) is 20.2 Å². The second kappa shape index (κ2) is 31.1. The molecule has 476 valence electrons. The van der Waals surface area contributed by atoms with E-state index < -0.39 is 20.1 Å². The number of phosphoric acid groups is 1. The third kappa shape index (κ3) is 18.7. The zero-order chi connectivity index (χ0) is 64.2. The summed E-state index contributed by atoms with van der Waals surface area (Å²) in [5, 5.41) is 11.3. The van der Waals surface area contributed by atoms with Crippen molar-refractivity contribution in [3.63, 3.8) is 0 Å². The van der Waals surface area contributed by atoms with Gasteiger partial charge in [-0.25, -0.2) is 13.3 Å². The van der Waals surface area contributed by atoms with Crippen LogP contribution in [0.1, 0.15) is 92.3 Å². The van der Waals surface area contributed by atoms with Crippen LogP contribution in [-0.4, -0.2) is 118 Å². The predicted molar refractivity (Wildman–Crippen MR) is 346 cm³/mol. The van der Waals surface area contributed by atoms with Gasteiger partial charge < -0.3 is 33.1 Å². The van der Waals surface area contributed by atoms with Crippen LogP contribution in [-0.2, 0) is 18.2 Å². The van der Waals surface area contributed by atoms with Crippen molar-refractivity contribution in [2.75, 3.05) is 79.2 Å². The number of benzene rings is 6. The standard InChI is InChI=1S/C34H38F2NO7PS.C30H29F2NO4S.C2H6ClOP/c1-5-40-45(39,41-6-2)44-27-12-13-29-30(20-27)46-34(32(38)31-22(3)18-24(36)19-23(31)4)33(29)43-26-10-8-25(9-11-26)42-28-14-17-37(21-28)16-7-15-35;1-18-14-20(32)15-19(2)27(18)28(35)30-29(25-9-4-21(34)16-26(25)38-30)37-23-7-5-22(6-8-23)36-24-10-13-33(17-24)12-3-11-31;1-5(2,3)4/h8-13,18-20,28H,5-7,14-17,21H2,1-4H3;4-9,14-16,24,34H,3,10-13,17H2,1-2H3;1-2H3/t28-;24-;/m00./s1. The molecule has 8 aromatic rings. The zero-order valence-electron chi connectivity index (χ0n) is 50.9. The highest BCUT2D eigenvalue weighted by Gasteiger charge is 2.31. The Labute approximate surface area is 529 Å². The Balaban J connectivity index is 0.000000217. The van der Waals surface area contributed by atoms with E-state index in [9.17, 15) is 41.4 Å². The maximum atomic E-state index is 14.1. The molecule has 4 heterocycles. The maximum absolute atomic E-state index is 14.1. The average molecular weight is 1320 g/mol. The van der Waals surface area contributed by atoms with Gasteiger partial charge in [0.2, 0.25) is 11.6 Å². The van der Waals surface area contributed by atoms with Crippen molar-refractivity contribution in [2.45, 2.75) is 79.4 Å². The van der Waals surface area contributed by atoms with E-state index in [1.807, 2.05) is 24.3 Å². The van der Waals surface area contributed by atoms with Gasteiger partial charge in [0.05, 0.1) is 26.6 Å². The molecule has 0 unspecified atom stereocenters. The summed E-state index contributed by atoms with van der Waals surface area (Å²) in [5.74, 6) is 2.12. The molecule has 0 aliphatic carbocycles. The van der Waals surface area contributed by atoms with Crippen LogP contribution in [0.15, 0.2) is 109 Å². The van der Waals surface area contributed by atoms with E-state index in [1.54, 1.807) is 102 Å². The fourth-order valence-electron chi connectivity index (χ4n) is 10.5. The number of phenolic OH excluding ortho intramolecular Hbond substituents is 1. The highest BCUT2D eigenvalue weighted by molar-refractivity contribution is 7.88. The lowest BCUT2D eigenvalue weighted by Crippen LogP contribution is -2.26. The first-order valence-corrected chi connectivity index (χ1v) is 35.8. The number of alkyl halides is 2. The number of hydrogen-bond acceptors (Lipinski definition) is 16. The first-order valence-electron chi connectivity index (χ1n) is 29.2. The summed E-state index contributed by atoms with van der Waals surface area (Å²) in [7, 11) is -3.85. The molecule has 89 heavy (non-hydrogen) atoms. The van der Waals surface area contributed by atoms with Gasteiger partial charge in [-0.15, -0.1) is 22.7 Å². The van der Waals surface area contributed by atoms with Gasteiger partial charge in [-0.1, -0.05) is 11.2 Å².